The molecule has 0 N–H and O–H groups in total. The van der Waals surface area contributed by atoms with Crippen molar-refractivity contribution in [3.05, 3.63) is 0 Å². The predicted octanol–water partition coefficient (Wildman–Crippen LogP) is 3.61. The van der Waals surface area contributed by atoms with Gasteiger partial charge in [-0.05, 0) is 75.4 Å². The Kier molecular flexibility index (Phi) is 6.71. The molecule has 2 heteroatoms. The van der Waals surface area contributed by atoms with E-state index in [0.29, 0.717) is 18.1 Å². The van der Waals surface area contributed by atoms with Crippen LogP contribution < -0.4 is 0 Å². The Morgan fingerprint density at radius 1 is 0.882 bits per heavy atom. The molecule has 0 amide bonds. The molecule has 1 unspecified atom stereocenters. The van der Waals surface area contributed by atoms with E-state index in [1.165, 1.54) is 13.0 Å². The molecular weight excluding hydrogens is 208 g/mol. The van der Waals surface area contributed by atoms with E-state index in [1.807, 2.05) is 0 Å². The predicted molar refractivity (Wildman–Crippen MR) is 78.6 cm³/mol. The summed E-state index contributed by atoms with van der Waals surface area (Å²) < 4.78 is 0. The molecule has 0 bridgehead atoms. The molecule has 0 spiro atoms. The third-order valence-electron chi connectivity index (χ3n) is 3.73. The Morgan fingerprint density at radius 3 is 1.59 bits per heavy atom. The summed E-state index contributed by atoms with van der Waals surface area (Å²) in [5, 5.41) is 0. The first-order chi connectivity index (χ1) is 7.57. The second-order valence-electron chi connectivity index (χ2n) is 6.86. The fourth-order valence-corrected chi connectivity index (χ4v) is 2.48. The van der Waals surface area contributed by atoms with Crippen LogP contribution in [0.2, 0.25) is 0 Å². The Morgan fingerprint density at radius 2 is 1.29 bits per heavy atom. The molecule has 1 atom stereocenters. The summed E-state index contributed by atoms with van der Waals surface area (Å²) in [6.07, 6.45) is 1.24. The highest BCUT2D eigenvalue weighted by Gasteiger charge is 2.22. The monoisotopic (exact) mass is 242 g/mol. The zero-order valence-corrected chi connectivity index (χ0v) is 13.5. The van der Waals surface area contributed by atoms with Crippen molar-refractivity contribution in [1.29, 1.82) is 0 Å². The summed E-state index contributed by atoms with van der Waals surface area (Å²) in [5.41, 5.74) is 0.278. The molecule has 0 heterocycles. The average molecular weight is 242 g/mol. The lowest BCUT2D eigenvalue weighted by molar-refractivity contribution is 0.0950. The lowest BCUT2D eigenvalue weighted by Crippen LogP contribution is -2.46. The van der Waals surface area contributed by atoms with Crippen LogP contribution in [-0.2, 0) is 0 Å². The average Bonchev–Trinajstić information content (AvgIpc) is 2.11. The second-order valence-corrected chi connectivity index (χ2v) is 6.86. The number of hydrogen-bond acceptors (Lipinski definition) is 2. The van der Waals surface area contributed by atoms with Crippen molar-refractivity contribution >= 4 is 0 Å². The van der Waals surface area contributed by atoms with E-state index in [-0.39, 0.29) is 5.54 Å². The lowest BCUT2D eigenvalue weighted by atomic mass is 10.0. The van der Waals surface area contributed by atoms with Gasteiger partial charge in [0.25, 0.3) is 0 Å². The van der Waals surface area contributed by atoms with Gasteiger partial charge in [0.2, 0.25) is 0 Å². The zero-order valence-electron chi connectivity index (χ0n) is 13.5. The maximum atomic E-state index is 2.61. The van der Waals surface area contributed by atoms with Gasteiger partial charge in [0.05, 0.1) is 0 Å². The second kappa shape index (κ2) is 6.75. The molecular formula is C15H34N2. The van der Waals surface area contributed by atoms with Crippen molar-refractivity contribution in [1.82, 2.24) is 9.80 Å². The van der Waals surface area contributed by atoms with Crippen LogP contribution in [0, 0.1) is 0 Å². The van der Waals surface area contributed by atoms with E-state index in [2.05, 4.69) is 72.2 Å². The molecule has 104 valence electrons. The van der Waals surface area contributed by atoms with E-state index in [9.17, 15) is 0 Å². The highest BCUT2D eigenvalue weighted by molar-refractivity contribution is 4.78. The van der Waals surface area contributed by atoms with Crippen LogP contribution in [0.15, 0.2) is 0 Å². The summed E-state index contributed by atoms with van der Waals surface area (Å²) >= 11 is 0. The smallest absolute Gasteiger partial charge is 0.0122 e. The van der Waals surface area contributed by atoms with Gasteiger partial charge in [0, 0.05) is 23.7 Å². The zero-order chi connectivity index (χ0) is 13.8. The summed E-state index contributed by atoms with van der Waals surface area (Å²) in [6, 6.07) is 1.91. The SMILES string of the molecule is CC(C)N(C(C)C)C(C)CCN(C)C(C)(C)C. The van der Waals surface area contributed by atoms with Gasteiger partial charge in [-0.2, -0.15) is 0 Å². The molecule has 0 aliphatic heterocycles. The maximum absolute atomic E-state index is 2.61. The number of hydrogen-bond donors (Lipinski definition) is 0. The van der Waals surface area contributed by atoms with E-state index >= 15 is 0 Å². The van der Waals surface area contributed by atoms with Crippen LogP contribution in [-0.4, -0.2) is 47.1 Å². The summed E-state index contributed by atoms with van der Waals surface area (Å²) in [7, 11) is 2.22. The van der Waals surface area contributed by atoms with Gasteiger partial charge in [-0.1, -0.05) is 0 Å². The largest absolute Gasteiger partial charge is 0.301 e. The molecule has 0 aromatic heterocycles. The van der Waals surface area contributed by atoms with Crippen molar-refractivity contribution < 1.29 is 0 Å². The van der Waals surface area contributed by atoms with Crippen LogP contribution in [0.25, 0.3) is 0 Å². The molecule has 0 fully saturated rings. The Hall–Kier alpha value is -0.0800. The fraction of sp³-hybridized carbons (Fsp3) is 1.00. The standard InChI is InChI=1S/C15H34N2/c1-12(2)17(13(3)4)14(5)10-11-16(9)15(6,7)8/h12-14H,10-11H2,1-9H3. The number of nitrogens with zero attached hydrogens (tertiary/aromatic N) is 2. The minimum absolute atomic E-state index is 0.278. The van der Waals surface area contributed by atoms with Crippen molar-refractivity contribution in [2.24, 2.45) is 0 Å². The first-order valence-corrected chi connectivity index (χ1v) is 7.06. The highest BCUT2D eigenvalue weighted by atomic mass is 15.2. The van der Waals surface area contributed by atoms with Crippen LogP contribution >= 0.6 is 0 Å². The van der Waals surface area contributed by atoms with E-state index in [1.54, 1.807) is 0 Å². The minimum Gasteiger partial charge on any atom is -0.301 e. The molecule has 17 heavy (non-hydrogen) atoms. The molecule has 0 saturated carbocycles. The van der Waals surface area contributed by atoms with Gasteiger partial charge < -0.3 is 4.90 Å². The molecule has 0 radical (unpaired) electrons. The summed E-state index contributed by atoms with van der Waals surface area (Å²) in [4.78, 5) is 5.05. The van der Waals surface area contributed by atoms with Crippen molar-refractivity contribution in [2.45, 2.75) is 85.5 Å². The topological polar surface area (TPSA) is 6.48 Å². The molecule has 0 aliphatic rings. The van der Waals surface area contributed by atoms with Crippen molar-refractivity contribution in [3.8, 4) is 0 Å². The normalized spacial score (nSPS) is 15.4. The molecule has 2 nitrogen and oxygen atoms in total. The van der Waals surface area contributed by atoms with E-state index in [4.69, 9.17) is 0 Å². The van der Waals surface area contributed by atoms with Crippen LogP contribution in [0.4, 0.5) is 0 Å². The van der Waals surface area contributed by atoms with E-state index in [0.717, 1.165) is 0 Å². The molecule has 0 aliphatic carbocycles. The van der Waals surface area contributed by atoms with Crippen LogP contribution in [0.5, 0.6) is 0 Å². The quantitative estimate of drug-likeness (QED) is 0.702. The van der Waals surface area contributed by atoms with Gasteiger partial charge in [0.15, 0.2) is 0 Å². The van der Waals surface area contributed by atoms with E-state index < -0.39 is 0 Å². The minimum atomic E-state index is 0.278. The first kappa shape index (κ1) is 16.9. The van der Waals surface area contributed by atoms with Gasteiger partial charge >= 0.3 is 0 Å². The summed E-state index contributed by atoms with van der Waals surface area (Å²) in [6.45, 7) is 19.5. The van der Waals surface area contributed by atoms with Crippen molar-refractivity contribution in [3.63, 3.8) is 0 Å². The Labute approximate surface area is 109 Å². The molecule has 0 rings (SSSR count). The first-order valence-electron chi connectivity index (χ1n) is 7.06. The third kappa shape index (κ3) is 5.87. The van der Waals surface area contributed by atoms with Crippen molar-refractivity contribution in [2.75, 3.05) is 13.6 Å². The summed E-state index contributed by atoms with van der Waals surface area (Å²) in [5.74, 6) is 0. The molecule has 0 saturated heterocycles. The highest BCUT2D eigenvalue weighted by Crippen LogP contribution is 2.16. The fourth-order valence-electron chi connectivity index (χ4n) is 2.48. The van der Waals surface area contributed by atoms with Gasteiger partial charge in [-0.25, -0.2) is 0 Å². The molecule has 0 aromatic carbocycles. The lowest BCUT2D eigenvalue weighted by Gasteiger charge is -2.38. The third-order valence-corrected chi connectivity index (χ3v) is 3.73. The molecule has 0 aromatic rings. The number of rotatable bonds is 6. The van der Waals surface area contributed by atoms with Gasteiger partial charge in [0.1, 0.15) is 0 Å². The Bertz CT molecular complexity index is 195. The Balaban J connectivity index is 4.29. The maximum Gasteiger partial charge on any atom is 0.0122 e. The van der Waals surface area contributed by atoms with Crippen LogP contribution in [0.3, 0.4) is 0 Å². The van der Waals surface area contributed by atoms with Crippen LogP contribution in [0.1, 0.15) is 61.8 Å². The van der Waals surface area contributed by atoms with Gasteiger partial charge in [-0.15, -0.1) is 0 Å². The van der Waals surface area contributed by atoms with Gasteiger partial charge in [-0.3, -0.25) is 4.90 Å².